The Bertz CT molecular complexity index is 1190. The minimum Gasteiger partial charge on any atom is -0.273 e. The number of hydrogen-bond donors (Lipinski definition) is 0. The van der Waals surface area contributed by atoms with Gasteiger partial charge in [0.2, 0.25) is 5.78 Å². The number of para-hydroxylation sites is 1. The van der Waals surface area contributed by atoms with E-state index >= 15 is 0 Å². The zero-order valence-corrected chi connectivity index (χ0v) is 15.6. The van der Waals surface area contributed by atoms with E-state index in [4.69, 9.17) is 21.7 Å². The van der Waals surface area contributed by atoms with E-state index in [-0.39, 0.29) is 11.6 Å². The fraction of sp³-hybridized carbons (Fsp3) is 0.286. The molecule has 0 saturated heterocycles. The molecule has 136 valence electrons. The van der Waals surface area contributed by atoms with Crippen molar-refractivity contribution in [3.05, 3.63) is 63.9 Å². The second-order valence-corrected chi connectivity index (χ2v) is 7.57. The second-order valence-electron chi connectivity index (χ2n) is 7.14. The van der Waals surface area contributed by atoms with Gasteiger partial charge in [-0.3, -0.25) is 9.36 Å². The Morgan fingerprint density at radius 2 is 1.70 bits per heavy atom. The van der Waals surface area contributed by atoms with Gasteiger partial charge in [-0.1, -0.05) is 43.0 Å². The molecule has 1 aliphatic rings. The summed E-state index contributed by atoms with van der Waals surface area (Å²) in [5, 5.41) is 6.10. The lowest BCUT2D eigenvalue weighted by Crippen LogP contribution is -2.28. The molecule has 5 nitrogen and oxygen atoms in total. The lowest BCUT2D eigenvalue weighted by Gasteiger charge is -2.24. The summed E-state index contributed by atoms with van der Waals surface area (Å²) in [5.41, 5.74) is 1.70. The SMILES string of the molecule is O=c1c2ccccc2n2nc(-c3ccc(Cl)cc3)nc2n1C1CCCCC1. The molecule has 2 aromatic carbocycles. The molecule has 6 heteroatoms. The smallest absolute Gasteiger partial charge is 0.263 e. The molecule has 4 aromatic rings. The van der Waals surface area contributed by atoms with Crippen molar-refractivity contribution < 1.29 is 0 Å². The van der Waals surface area contributed by atoms with Gasteiger partial charge in [0.15, 0.2) is 5.82 Å². The van der Waals surface area contributed by atoms with Crippen molar-refractivity contribution in [2.24, 2.45) is 0 Å². The van der Waals surface area contributed by atoms with E-state index in [2.05, 4.69) is 0 Å². The molecule has 1 fully saturated rings. The van der Waals surface area contributed by atoms with Crippen LogP contribution in [0.5, 0.6) is 0 Å². The van der Waals surface area contributed by atoms with Crippen LogP contribution in [0.2, 0.25) is 5.02 Å². The molecule has 0 radical (unpaired) electrons. The van der Waals surface area contributed by atoms with Crippen LogP contribution in [0.4, 0.5) is 0 Å². The Balaban J connectivity index is 1.82. The first kappa shape index (κ1) is 16.5. The topological polar surface area (TPSA) is 52.2 Å². The van der Waals surface area contributed by atoms with Crippen molar-refractivity contribution in [3.63, 3.8) is 0 Å². The van der Waals surface area contributed by atoms with Crippen molar-refractivity contribution >= 4 is 28.3 Å². The quantitative estimate of drug-likeness (QED) is 0.500. The van der Waals surface area contributed by atoms with Crippen LogP contribution in [0.3, 0.4) is 0 Å². The third kappa shape index (κ3) is 2.73. The van der Waals surface area contributed by atoms with Crippen LogP contribution in [0, 0.1) is 0 Å². The highest BCUT2D eigenvalue weighted by Crippen LogP contribution is 2.29. The molecule has 1 aliphatic carbocycles. The molecule has 27 heavy (non-hydrogen) atoms. The second kappa shape index (κ2) is 6.50. The van der Waals surface area contributed by atoms with Crippen LogP contribution < -0.4 is 5.56 Å². The lowest BCUT2D eigenvalue weighted by molar-refractivity contribution is 0.351. The van der Waals surface area contributed by atoms with Gasteiger partial charge in [0, 0.05) is 16.6 Å². The van der Waals surface area contributed by atoms with Crippen LogP contribution in [0.15, 0.2) is 53.3 Å². The molecule has 0 N–H and O–H groups in total. The van der Waals surface area contributed by atoms with Crippen molar-refractivity contribution in [2.75, 3.05) is 0 Å². The van der Waals surface area contributed by atoms with Crippen LogP contribution in [0.25, 0.3) is 28.1 Å². The maximum atomic E-state index is 13.3. The third-order valence-corrected chi connectivity index (χ3v) is 5.68. The highest BCUT2D eigenvalue weighted by atomic mass is 35.5. The fourth-order valence-electron chi connectivity index (χ4n) is 4.07. The van der Waals surface area contributed by atoms with Crippen molar-refractivity contribution in [1.29, 1.82) is 0 Å². The van der Waals surface area contributed by atoms with Gasteiger partial charge in [0.1, 0.15) is 0 Å². The van der Waals surface area contributed by atoms with Gasteiger partial charge in [-0.15, -0.1) is 5.10 Å². The van der Waals surface area contributed by atoms with Crippen LogP contribution in [-0.4, -0.2) is 19.2 Å². The number of benzene rings is 2. The molecule has 2 aromatic heterocycles. The maximum absolute atomic E-state index is 13.3. The molecule has 0 unspecified atom stereocenters. The molecule has 0 atom stereocenters. The average Bonchev–Trinajstić information content (AvgIpc) is 3.15. The molecular weight excluding hydrogens is 360 g/mol. The highest BCUT2D eigenvalue weighted by molar-refractivity contribution is 6.30. The Kier molecular flexibility index (Phi) is 3.97. The highest BCUT2D eigenvalue weighted by Gasteiger charge is 2.23. The number of fused-ring (bicyclic) bond motifs is 3. The summed E-state index contributed by atoms with van der Waals surface area (Å²) in [6.07, 6.45) is 5.55. The number of halogens is 1. The molecular formula is C21H19ClN4O. The molecule has 0 aliphatic heterocycles. The molecule has 1 saturated carbocycles. The van der Waals surface area contributed by atoms with E-state index in [0.717, 1.165) is 36.8 Å². The first-order valence-electron chi connectivity index (χ1n) is 9.38. The maximum Gasteiger partial charge on any atom is 0.263 e. The first-order valence-corrected chi connectivity index (χ1v) is 9.76. The summed E-state index contributed by atoms with van der Waals surface area (Å²) in [6.45, 7) is 0. The molecule has 2 heterocycles. The molecule has 0 spiro atoms. The lowest BCUT2D eigenvalue weighted by atomic mass is 9.95. The van der Waals surface area contributed by atoms with Gasteiger partial charge in [-0.2, -0.15) is 9.50 Å². The predicted molar refractivity (Wildman–Crippen MR) is 107 cm³/mol. The van der Waals surface area contributed by atoms with Gasteiger partial charge < -0.3 is 0 Å². The molecule has 5 rings (SSSR count). The van der Waals surface area contributed by atoms with Crippen LogP contribution in [0.1, 0.15) is 38.1 Å². The van der Waals surface area contributed by atoms with Crippen LogP contribution in [-0.2, 0) is 0 Å². The van der Waals surface area contributed by atoms with Gasteiger partial charge >= 0.3 is 0 Å². The van der Waals surface area contributed by atoms with E-state index in [1.165, 1.54) is 6.42 Å². The normalized spacial score (nSPS) is 15.6. The zero-order chi connectivity index (χ0) is 18.4. The van der Waals surface area contributed by atoms with Crippen molar-refractivity contribution in [2.45, 2.75) is 38.1 Å². The Morgan fingerprint density at radius 3 is 2.48 bits per heavy atom. The Morgan fingerprint density at radius 1 is 0.963 bits per heavy atom. The van der Waals surface area contributed by atoms with E-state index in [1.54, 1.807) is 0 Å². The summed E-state index contributed by atoms with van der Waals surface area (Å²) < 4.78 is 3.68. The van der Waals surface area contributed by atoms with E-state index in [0.29, 0.717) is 22.0 Å². The minimum atomic E-state index is 0.0278. The van der Waals surface area contributed by atoms with Gasteiger partial charge in [-0.25, -0.2) is 0 Å². The van der Waals surface area contributed by atoms with Crippen LogP contribution >= 0.6 is 11.6 Å². The van der Waals surface area contributed by atoms with Gasteiger partial charge in [0.05, 0.1) is 10.9 Å². The summed E-state index contributed by atoms with van der Waals surface area (Å²) in [7, 11) is 0. The van der Waals surface area contributed by atoms with Gasteiger partial charge in [-0.05, 0) is 49.2 Å². The predicted octanol–water partition coefficient (Wildman–Crippen LogP) is 4.87. The monoisotopic (exact) mass is 378 g/mol. The van der Waals surface area contributed by atoms with Crippen molar-refractivity contribution in [1.82, 2.24) is 19.2 Å². The number of aromatic nitrogens is 4. The fourth-order valence-corrected chi connectivity index (χ4v) is 4.20. The summed E-state index contributed by atoms with van der Waals surface area (Å²) >= 11 is 6.01. The van der Waals surface area contributed by atoms with E-state index < -0.39 is 0 Å². The molecule has 0 bridgehead atoms. The molecule has 0 amide bonds. The number of rotatable bonds is 2. The zero-order valence-electron chi connectivity index (χ0n) is 14.8. The number of hydrogen-bond acceptors (Lipinski definition) is 3. The Labute approximate surface area is 161 Å². The summed E-state index contributed by atoms with van der Waals surface area (Å²) in [6, 6.07) is 15.3. The largest absolute Gasteiger partial charge is 0.273 e. The van der Waals surface area contributed by atoms with Gasteiger partial charge in [0.25, 0.3) is 5.56 Å². The van der Waals surface area contributed by atoms with E-state index in [1.807, 2.05) is 57.6 Å². The Hall–Kier alpha value is -2.66. The minimum absolute atomic E-state index is 0.0278. The van der Waals surface area contributed by atoms with E-state index in [9.17, 15) is 4.79 Å². The summed E-state index contributed by atoms with van der Waals surface area (Å²) in [5.74, 6) is 1.22. The van der Waals surface area contributed by atoms with Crippen molar-refractivity contribution in [3.8, 4) is 11.4 Å². The standard InChI is InChI=1S/C21H19ClN4O/c22-15-12-10-14(11-13-15)19-23-21-25(16-6-2-1-3-7-16)20(27)17-8-4-5-9-18(17)26(21)24-19/h4-5,8-13,16H,1-3,6-7H2. The average molecular weight is 379 g/mol. The summed E-state index contributed by atoms with van der Waals surface area (Å²) in [4.78, 5) is 18.1. The number of nitrogens with zero attached hydrogens (tertiary/aromatic N) is 4. The third-order valence-electron chi connectivity index (χ3n) is 5.43. The first-order chi connectivity index (χ1) is 13.2.